The molecule has 0 radical (unpaired) electrons. The first-order valence-electron chi connectivity index (χ1n) is 6.34. The lowest BCUT2D eigenvalue weighted by atomic mass is 10.1. The first-order chi connectivity index (χ1) is 9.35. The molecular formula is C16H19NOS. The summed E-state index contributed by atoms with van der Waals surface area (Å²) >= 11 is 1.71. The van der Waals surface area contributed by atoms with Crippen molar-refractivity contribution in [3.05, 3.63) is 60.2 Å². The number of para-hydroxylation sites is 1. The van der Waals surface area contributed by atoms with E-state index in [0.29, 0.717) is 0 Å². The highest BCUT2D eigenvalue weighted by molar-refractivity contribution is 7.98. The Balaban J connectivity index is 2.21. The Morgan fingerprint density at radius 2 is 1.74 bits per heavy atom. The number of ether oxygens (including phenoxy) is 1. The summed E-state index contributed by atoms with van der Waals surface area (Å²) in [6.07, 6.45) is 2.09. The largest absolute Gasteiger partial charge is 0.483 e. The summed E-state index contributed by atoms with van der Waals surface area (Å²) in [5.74, 6) is 0.944. The van der Waals surface area contributed by atoms with Gasteiger partial charge in [-0.2, -0.15) is 0 Å². The van der Waals surface area contributed by atoms with E-state index in [2.05, 4.69) is 29.8 Å². The third kappa shape index (κ3) is 3.75. The summed E-state index contributed by atoms with van der Waals surface area (Å²) < 4.78 is 6.18. The Morgan fingerprint density at radius 1 is 1.05 bits per heavy atom. The van der Waals surface area contributed by atoms with Crippen LogP contribution in [-0.2, 0) is 0 Å². The number of rotatable bonds is 6. The SMILES string of the molecule is CNCC(Oc1ccccc1SC)c1ccccc1. The minimum absolute atomic E-state index is 0.0273. The zero-order chi connectivity index (χ0) is 13.5. The number of hydrogen-bond acceptors (Lipinski definition) is 3. The van der Waals surface area contributed by atoms with Crippen molar-refractivity contribution >= 4 is 11.8 Å². The summed E-state index contributed by atoms with van der Waals surface area (Å²) in [6.45, 7) is 0.784. The van der Waals surface area contributed by atoms with E-state index in [1.807, 2.05) is 43.4 Å². The van der Waals surface area contributed by atoms with Gasteiger partial charge in [0, 0.05) is 11.4 Å². The van der Waals surface area contributed by atoms with Gasteiger partial charge >= 0.3 is 0 Å². The van der Waals surface area contributed by atoms with Gasteiger partial charge in [-0.05, 0) is 31.0 Å². The van der Waals surface area contributed by atoms with Crippen molar-refractivity contribution in [3.63, 3.8) is 0 Å². The van der Waals surface area contributed by atoms with Gasteiger partial charge in [0.05, 0.1) is 0 Å². The molecule has 0 aliphatic rings. The van der Waals surface area contributed by atoms with Crippen LogP contribution in [0.3, 0.4) is 0 Å². The molecule has 0 heterocycles. The van der Waals surface area contributed by atoms with E-state index in [0.717, 1.165) is 12.3 Å². The van der Waals surface area contributed by atoms with Crippen LogP contribution >= 0.6 is 11.8 Å². The molecule has 0 saturated carbocycles. The van der Waals surface area contributed by atoms with Gasteiger partial charge in [-0.15, -0.1) is 11.8 Å². The molecule has 0 amide bonds. The minimum Gasteiger partial charge on any atom is -0.483 e. The van der Waals surface area contributed by atoms with Gasteiger partial charge in [-0.3, -0.25) is 0 Å². The molecule has 0 bridgehead atoms. The van der Waals surface area contributed by atoms with E-state index in [1.165, 1.54) is 10.5 Å². The summed E-state index contributed by atoms with van der Waals surface area (Å²) in [7, 11) is 1.94. The number of thioether (sulfide) groups is 1. The van der Waals surface area contributed by atoms with Crippen LogP contribution < -0.4 is 10.1 Å². The number of hydrogen-bond donors (Lipinski definition) is 1. The smallest absolute Gasteiger partial charge is 0.136 e. The van der Waals surface area contributed by atoms with Crippen molar-refractivity contribution in [2.24, 2.45) is 0 Å². The first-order valence-corrected chi connectivity index (χ1v) is 7.57. The average molecular weight is 273 g/mol. The lowest BCUT2D eigenvalue weighted by molar-refractivity contribution is 0.200. The zero-order valence-corrected chi connectivity index (χ0v) is 12.1. The molecule has 19 heavy (non-hydrogen) atoms. The fraction of sp³-hybridized carbons (Fsp3) is 0.250. The first kappa shape index (κ1) is 14.0. The van der Waals surface area contributed by atoms with E-state index in [4.69, 9.17) is 4.74 Å². The minimum atomic E-state index is 0.0273. The van der Waals surface area contributed by atoms with Crippen molar-refractivity contribution in [2.75, 3.05) is 19.8 Å². The third-order valence-corrected chi connectivity index (χ3v) is 3.68. The van der Waals surface area contributed by atoms with Crippen LogP contribution in [0.4, 0.5) is 0 Å². The highest BCUT2D eigenvalue weighted by atomic mass is 32.2. The molecule has 0 saturated heterocycles. The Bertz CT molecular complexity index is 501. The number of nitrogens with one attached hydrogen (secondary N) is 1. The molecule has 0 fully saturated rings. The van der Waals surface area contributed by atoms with Gasteiger partial charge in [-0.25, -0.2) is 0 Å². The summed E-state index contributed by atoms with van der Waals surface area (Å²) in [6, 6.07) is 18.5. The second kappa shape index (κ2) is 7.22. The van der Waals surface area contributed by atoms with Crippen molar-refractivity contribution < 1.29 is 4.74 Å². The van der Waals surface area contributed by atoms with Gasteiger partial charge in [0.25, 0.3) is 0 Å². The fourth-order valence-corrected chi connectivity index (χ4v) is 2.48. The van der Waals surface area contributed by atoms with Crippen molar-refractivity contribution in [3.8, 4) is 5.75 Å². The summed E-state index contributed by atoms with van der Waals surface area (Å²) in [4.78, 5) is 1.17. The van der Waals surface area contributed by atoms with Crippen molar-refractivity contribution in [2.45, 2.75) is 11.0 Å². The molecule has 0 spiro atoms. The maximum absolute atomic E-state index is 6.18. The normalized spacial score (nSPS) is 12.1. The maximum atomic E-state index is 6.18. The van der Waals surface area contributed by atoms with Crippen LogP contribution in [0.1, 0.15) is 11.7 Å². The van der Waals surface area contributed by atoms with Crippen LogP contribution in [0.2, 0.25) is 0 Å². The van der Waals surface area contributed by atoms with Gasteiger partial charge in [0.15, 0.2) is 0 Å². The van der Waals surface area contributed by atoms with Crippen LogP contribution in [0.5, 0.6) is 5.75 Å². The Labute approximate surface area is 119 Å². The number of benzene rings is 2. The average Bonchev–Trinajstić information content (AvgIpc) is 2.48. The molecule has 1 N–H and O–H groups in total. The van der Waals surface area contributed by atoms with E-state index >= 15 is 0 Å². The molecule has 2 aromatic rings. The maximum Gasteiger partial charge on any atom is 0.136 e. The molecule has 0 aliphatic heterocycles. The van der Waals surface area contributed by atoms with Crippen molar-refractivity contribution in [1.82, 2.24) is 5.32 Å². The highest BCUT2D eigenvalue weighted by Gasteiger charge is 2.13. The Morgan fingerprint density at radius 3 is 2.42 bits per heavy atom. The summed E-state index contributed by atoms with van der Waals surface area (Å²) in [5, 5.41) is 3.19. The zero-order valence-electron chi connectivity index (χ0n) is 11.3. The predicted molar refractivity (Wildman–Crippen MR) is 82.0 cm³/mol. The van der Waals surface area contributed by atoms with Gasteiger partial charge < -0.3 is 10.1 Å². The second-order valence-electron chi connectivity index (χ2n) is 4.23. The summed E-state index contributed by atoms with van der Waals surface area (Å²) in [5.41, 5.74) is 1.19. The standard InChI is InChI=1S/C16H19NOS/c1-17-12-15(13-8-4-3-5-9-13)18-14-10-6-7-11-16(14)19-2/h3-11,15,17H,12H2,1-2H3. The van der Waals surface area contributed by atoms with Gasteiger partial charge in [-0.1, -0.05) is 42.5 Å². The van der Waals surface area contributed by atoms with E-state index in [-0.39, 0.29) is 6.10 Å². The molecule has 0 aliphatic carbocycles. The Kier molecular flexibility index (Phi) is 5.31. The topological polar surface area (TPSA) is 21.3 Å². The lowest BCUT2D eigenvalue weighted by Gasteiger charge is -2.20. The molecule has 0 aromatic heterocycles. The second-order valence-corrected chi connectivity index (χ2v) is 5.07. The van der Waals surface area contributed by atoms with Crippen molar-refractivity contribution in [1.29, 1.82) is 0 Å². The highest BCUT2D eigenvalue weighted by Crippen LogP contribution is 2.30. The lowest BCUT2D eigenvalue weighted by Crippen LogP contribution is -2.22. The Hall–Kier alpha value is -1.45. The van der Waals surface area contributed by atoms with E-state index in [9.17, 15) is 0 Å². The van der Waals surface area contributed by atoms with Crippen LogP contribution in [0, 0.1) is 0 Å². The van der Waals surface area contributed by atoms with Crippen LogP contribution in [0.25, 0.3) is 0 Å². The fourth-order valence-electron chi connectivity index (χ4n) is 1.95. The third-order valence-electron chi connectivity index (χ3n) is 2.90. The van der Waals surface area contributed by atoms with E-state index < -0.39 is 0 Å². The molecule has 1 atom stereocenters. The van der Waals surface area contributed by atoms with Gasteiger partial charge in [0.2, 0.25) is 0 Å². The molecule has 2 rings (SSSR count). The molecule has 2 aromatic carbocycles. The monoisotopic (exact) mass is 273 g/mol. The van der Waals surface area contributed by atoms with Gasteiger partial charge in [0.1, 0.15) is 11.9 Å². The molecule has 2 nitrogen and oxygen atoms in total. The molecule has 1 unspecified atom stereocenters. The predicted octanol–water partition coefficient (Wildman–Crippen LogP) is 3.75. The van der Waals surface area contributed by atoms with Crippen LogP contribution in [-0.4, -0.2) is 19.8 Å². The molecular weight excluding hydrogens is 254 g/mol. The molecule has 3 heteroatoms. The molecule has 100 valence electrons. The van der Waals surface area contributed by atoms with Crippen LogP contribution in [0.15, 0.2) is 59.5 Å². The van der Waals surface area contributed by atoms with E-state index in [1.54, 1.807) is 11.8 Å². The quantitative estimate of drug-likeness (QED) is 0.810. The number of likely N-dealkylation sites (N-methyl/N-ethyl adjacent to an activating group) is 1.